The van der Waals surface area contributed by atoms with Gasteiger partial charge in [0.05, 0.1) is 18.9 Å². The number of hydrogen-bond donors (Lipinski definition) is 3. The molecule has 0 aliphatic carbocycles. The zero-order valence-electron chi connectivity index (χ0n) is 18.0. The van der Waals surface area contributed by atoms with Crippen molar-refractivity contribution in [2.24, 2.45) is 10.7 Å². The highest BCUT2D eigenvalue weighted by atomic mass is 32.2. The largest absolute Gasteiger partial charge is 0.480 e. The quantitative estimate of drug-likeness (QED) is 0.240. The highest BCUT2D eigenvalue weighted by Crippen LogP contribution is 2.35. The molecule has 0 saturated carbocycles. The summed E-state index contributed by atoms with van der Waals surface area (Å²) in [5, 5.41) is 5.78. The van der Waals surface area contributed by atoms with Gasteiger partial charge in [-0.25, -0.2) is 36.0 Å². The fraction of sp³-hybridized carbons (Fsp3) is 0.100. The number of carbonyl (C=O) groups is 1. The first-order valence-electron chi connectivity index (χ1n) is 9.35. The summed E-state index contributed by atoms with van der Waals surface area (Å²) < 4.78 is 90.6. The summed E-state index contributed by atoms with van der Waals surface area (Å²) in [6.45, 7) is 3.83. The number of aliphatic imine (C=N–C) groups is 1. The number of halogens is 4. The minimum absolute atomic E-state index is 0.0486. The van der Waals surface area contributed by atoms with Gasteiger partial charge in [-0.05, 0) is 19.7 Å². The van der Waals surface area contributed by atoms with Crippen LogP contribution in [0, 0.1) is 11.6 Å². The second-order valence-electron chi connectivity index (χ2n) is 6.78. The molecule has 2 aromatic heterocycles. The van der Waals surface area contributed by atoms with Crippen molar-refractivity contribution in [3.05, 3.63) is 64.8 Å². The third-order valence-corrected chi connectivity index (χ3v) is 5.94. The van der Waals surface area contributed by atoms with Crippen LogP contribution in [-0.2, 0) is 10.0 Å². The Morgan fingerprint density at radius 3 is 2.54 bits per heavy atom. The maximum absolute atomic E-state index is 15.4. The van der Waals surface area contributed by atoms with E-state index in [0.29, 0.717) is 12.3 Å². The molecule has 10 nitrogen and oxygen atoms in total. The van der Waals surface area contributed by atoms with Crippen molar-refractivity contribution in [2.45, 2.75) is 11.8 Å². The Labute approximate surface area is 195 Å². The number of rotatable bonds is 8. The zero-order valence-corrected chi connectivity index (χ0v) is 18.8. The molecule has 0 fully saturated rings. The predicted molar refractivity (Wildman–Crippen MR) is 117 cm³/mol. The van der Waals surface area contributed by atoms with Gasteiger partial charge in [0, 0.05) is 17.0 Å². The fourth-order valence-corrected chi connectivity index (χ4v) is 4.24. The molecule has 4 N–H and O–H groups in total. The lowest BCUT2D eigenvalue weighted by Crippen LogP contribution is -2.24. The molecule has 2 heterocycles. The van der Waals surface area contributed by atoms with Gasteiger partial charge in [-0.15, -0.1) is 0 Å². The summed E-state index contributed by atoms with van der Waals surface area (Å²) in [7, 11) is -3.73. The molecule has 0 aliphatic heterocycles. The van der Waals surface area contributed by atoms with E-state index in [1.54, 1.807) is 4.72 Å². The molecule has 184 valence electrons. The molecule has 0 atom stereocenters. The van der Waals surface area contributed by atoms with Gasteiger partial charge in [-0.1, -0.05) is 6.07 Å². The van der Waals surface area contributed by atoms with Crippen molar-refractivity contribution in [2.75, 3.05) is 7.11 Å². The van der Waals surface area contributed by atoms with Gasteiger partial charge >= 0.3 is 0 Å². The van der Waals surface area contributed by atoms with Gasteiger partial charge in [0.15, 0.2) is 22.4 Å². The van der Waals surface area contributed by atoms with Crippen LogP contribution in [0.2, 0.25) is 0 Å². The van der Waals surface area contributed by atoms with Crippen LogP contribution in [0.5, 0.6) is 5.88 Å². The molecule has 0 bridgehead atoms. The van der Waals surface area contributed by atoms with Crippen LogP contribution in [0.3, 0.4) is 0 Å². The van der Waals surface area contributed by atoms with Gasteiger partial charge < -0.3 is 10.5 Å². The second kappa shape index (κ2) is 9.54. The molecule has 0 aliphatic rings. The molecule has 1 amide bonds. The number of hydrogen-bond acceptors (Lipinski definition) is 7. The number of primary amides is 1. The van der Waals surface area contributed by atoms with Gasteiger partial charge in [0.2, 0.25) is 5.88 Å². The van der Waals surface area contributed by atoms with E-state index >= 15 is 8.78 Å². The Morgan fingerprint density at radius 2 is 1.97 bits per heavy atom. The number of aromatic nitrogens is 3. The standard InChI is InChI=1S/C20H16F4N6O4S/c1-8(21)13(10-4-5-11-16(14(10)23)28-29-17(11)18(25)31)15(24)19(26-2)30-35(32,33)12-6-9(22)7-27-20(12)34-3/h4-7,30H,2H2,1,3H3,(H2,25,31)(H,28,29)/b13-8+,19-15-. The van der Waals surface area contributed by atoms with Gasteiger partial charge in [-0.3, -0.25) is 14.6 Å². The Hall–Kier alpha value is -4.27. The number of nitrogens with zero attached hydrogens (tertiary/aromatic N) is 3. The molecule has 0 radical (unpaired) electrons. The highest BCUT2D eigenvalue weighted by molar-refractivity contribution is 7.89. The second-order valence-corrected chi connectivity index (χ2v) is 8.43. The molecule has 0 saturated heterocycles. The normalized spacial score (nSPS) is 13.2. The summed E-state index contributed by atoms with van der Waals surface area (Å²) >= 11 is 0. The summed E-state index contributed by atoms with van der Waals surface area (Å²) in [4.78, 5) is 17.3. The molecule has 0 unspecified atom stereocenters. The first-order valence-corrected chi connectivity index (χ1v) is 10.8. The number of methoxy groups -OCH3 is 1. The van der Waals surface area contributed by atoms with E-state index in [4.69, 9.17) is 10.5 Å². The third kappa shape index (κ3) is 4.70. The molecule has 3 aromatic rings. The molecule has 0 spiro atoms. The number of sulfonamides is 1. The number of ether oxygens (including phenoxy) is 1. The Bertz CT molecular complexity index is 1530. The van der Waals surface area contributed by atoms with Crippen LogP contribution < -0.4 is 15.2 Å². The first-order chi connectivity index (χ1) is 16.4. The average molecular weight is 512 g/mol. The number of nitrogens with one attached hydrogen (secondary N) is 2. The van der Waals surface area contributed by atoms with E-state index in [-0.39, 0.29) is 11.1 Å². The lowest BCUT2D eigenvalue weighted by molar-refractivity contribution is 0.0997. The van der Waals surface area contributed by atoms with E-state index in [1.807, 2.05) is 0 Å². The van der Waals surface area contributed by atoms with Crippen molar-refractivity contribution in [1.29, 1.82) is 0 Å². The van der Waals surface area contributed by atoms with Gasteiger partial charge in [0.1, 0.15) is 22.9 Å². The van der Waals surface area contributed by atoms with Crippen molar-refractivity contribution >= 4 is 39.1 Å². The summed E-state index contributed by atoms with van der Waals surface area (Å²) in [6, 6.07) is 2.62. The average Bonchev–Trinajstić information content (AvgIpc) is 3.24. The van der Waals surface area contributed by atoms with E-state index < -0.39 is 72.5 Å². The first kappa shape index (κ1) is 25.4. The SMILES string of the molecule is C=N/C(NS(=O)(=O)c1cc(F)cnc1OC)=C(F)\C(=C(/C)F)c1ccc2c(C(N)=O)[nH]nc2c1F. The van der Waals surface area contributed by atoms with Gasteiger partial charge in [-0.2, -0.15) is 5.10 Å². The minimum Gasteiger partial charge on any atom is -0.480 e. The summed E-state index contributed by atoms with van der Waals surface area (Å²) in [6.07, 6.45) is 0.686. The van der Waals surface area contributed by atoms with Crippen molar-refractivity contribution in [3.8, 4) is 5.88 Å². The smallest absolute Gasteiger partial charge is 0.268 e. The van der Waals surface area contributed by atoms with Crippen molar-refractivity contribution in [1.82, 2.24) is 19.9 Å². The third-order valence-electron chi connectivity index (χ3n) is 4.61. The van der Waals surface area contributed by atoms with E-state index in [1.165, 1.54) is 0 Å². The van der Waals surface area contributed by atoms with E-state index in [9.17, 15) is 22.0 Å². The van der Waals surface area contributed by atoms with E-state index in [2.05, 4.69) is 26.9 Å². The maximum Gasteiger partial charge on any atom is 0.268 e. The minimum atomic E-state index is -4.79. The van der Waals surface area contributed by atoms with Crippen molar-refractivity contribution in [3.63, 3.8) is 0 Å². The predicted octanol–water partition coefficient (Wildman–Crippen LogP) is 2.86. The number of aromatic amines is 1. The Morgan fingerprint density at radius 1 is 1.29 bits per heavy atom. The molecular weight excluding hydrogens is 496 g/mol. The van der Waals surface area contributed by atoms with Crippen LogP contribution in [-0.4, -0.2) is 43.3 Å². The van der Waals surface area contributed by atoms with Crippen molar-refractivity contribution < 1.29 is 35.5 Å². The van der Waals surface area contributed by atoms with Crippen LogP contribution in [0.1, 0.15) is 23.0 Å². The maximum atomic E-state index is 15.4. The summed E-state index contributed by atoms with van der Waals surface area (Å²) in [5.41, 5.74) is 2.78. The molecular formula is C20H16F4N6O4S. The zero-order chi connectivity index (χ0) is 26.1. The number of fused-ring (bicyclic) bond motifs is 1. The highest BCUT2D eigenvalue weighted by Gasteiger charge is 2.28. The molecule has 15 heteroatoms. The Kier molecular flexibility index (Phi) is 6.91. The summed E-state index contributed by atoms with van der Waals surface area (Å²) in [5.74, 6) is -7.82. The number of benzene rings is 1. The molecule has 3 rings (SSSR count). The number of carbonyl (C=O) groups excluding carboxylic acids is 1. The number of allylic oxidation sites excluding steroid dienone is 3. The van der Waals surface area contributed by atoms with E-state index in [0.717, 1.165) is 26.2 Å². The number of amides is 1. The van der Waals surface area contributed by atoms with Crippen LogP contribution in [0.25, 0.3) is 16.5 Å². The lowest BCUT2D eigenvalue weighted by atomic mass is 10.0. The lowest BCUT2D eigenvalue weighted by Gasteiger charge is -2.14. The molecule has 35 heavy (non-hydrogen) atoms. The Balaban J connectivity index is 2.16. The fourth-order valence-electron chi connectivity index (χ4n) is 3.08. The molecule has 1 aromatic carbocycles. The number of nitrogens with two attached hydrogens (primary N) is 1. The monoisotopic (exact) mass is 512 g/mol. The number of pyridine rings is 1. The van der Waals surface area contributed by atoms with Crippen LogP contribution in [0.15, 0.2) is 51.8 Å². The van der Waals surface area contributed by atoms with Crippen LogP contribution in [0.4, 0.5) is 17.6 Å². The topological polar surface area (TPSA) is 152 Å². The van der Waals surface area contributed by atoms with Crippen LogP contribution >= 0.6 is 0 Å². The number of H-pyrrole nitrogens is 1. The van der Waals surface area contributed by atoms with Gasteiger partial charge in [0.25, 0.3) is 15.9 Å².